The number of non-ortho nitro benzene ring substituents is 1. The van der Waals surface area contributed by atoms with Gasteiger partial charge in [0.1, 0.15) is 5.82 Å². The molecule has 16 heavy (non-hydrogen) atoms. The Hall–Kier alpha value is -2.17. The van der Waals surface area contributed by atoms with Crippen LogP contribution in [0.5, 0.6) is 0 Å². The highest BCUT2D eigenvalue weighted by Crippen LogP contribution is 2.21. The van der Waals surface area contributed by atoms with E-state index >= 15 is 0 Å². The van der Waals surface area contributed by atoms with Crippen molar-refractivity contribution in [1.82, 2.24) is 9.55 Å². The lowest BCUT2D eigenvalue weighted by Crippen LogP contribution is -1.99. The van der Waals surface area contributed by atoms with Gasteiger partial charge in [0.05, 0.1) is 10.6 Å². The van der Waals surface area contributed by atoms with Gasteiger partial charge >= 0.3 is 0 Å². The van der Waals surface area contributed by atoms with E-state index in [1.807, 2.05) is 24.6 Å². The van der Waals surface area contributed by atoms with Crippen molar-refractivity contribution in [3.8, 4) is 5.69 Å². The van der Waals surface area contributed by atoms with Crippen LogP contribution in [0.2, 0.25) is 0 Å². The van der Waals surface area contributed by atoms with E-state index in [2.05, 4.69) is 4.98 Å². The first-order chi connectivity index (χ1) is 7.59. The van der Waals surface area contributed by atoms with Crippen molar-refractivity contribution in [2.24, 2.45) is 0 Å². The molecule has 2 rings (SSSR count). The SMILES string of the molecule is Cc1cc([N+](=O)[O-])ccc1-n1ccnc1C. The van der Waals surface area contributed by atoms with Gasteiger partial charge in [-0.2, -0.15) is 0 Å². The Morgan fingerprint density at radius 2 is 2.12 bits per heavy atom. The smallest absolute Gasteiger partial charge is 0.269 e. The predicted molar refractivity (Wildman–Crippen MR) is 59.7 cm³/mol. The van der Waals surface area contributed by atoms with E-state index in [9.17, 15) is 10.1 Å². The van der Waals surface area contributed by atoms with Crippen LogP contribution in [0.15, 0.2) is 30.6 Å². The summed E-state index contributed by atoms with van der Waals surface area (Å²) < 4.78 is 1.90. The first-order valence-electron chi connectivity index (χ1n) is 4.85. The second-order valence-electron chi connectivity index (χ2n) is 3.57. The van der Waals surface area contributed by atoms with Crippen molar-refractivity contribution >= 4 is 5.69 Å². The largest absolute Gasteiger partial charge is 0.304 e. The quantitative estimate of drug-likeness (QED) is 0.573. The summed E-state index contributed by atoms with van der Waals surface area (Å²) >= 11 is 0. The summed E-state index contributed by atoms with van der Waals surface area (Å²) in [4.78, 5) is 14.3. The van der Waals surface area contributed by atoms with Gasteiger partial charge in [-0.05, 0) is 25.5 Å². The molecule has 82 valence electrons. The average molecular weight is 217 g/mol. The van der Waals surface area contributed by atoms with Gasteiger partial charge in [0.2, 0.25) is 0 Å². The van der Waals surface area contributed by atoms with Crippen LogP contribution in [0.1, 0.15) is 11.4 Å². The molecule has 0 atom stereocenters. The highest BCUT2D eigenvalue weighted by molar-refractivity contribution is 5.48. The van der Waals surface area contributed by atoms with Gasteiger partial charge in [0.15, 0.2) is 0 Å². The fourth-order valence-corrected chi connectivity index (χ4v) is 1.66. The van der Waals surface area contributed by atoms with Gasteiger partial charge in [0, 0.05) is 24.5 Å². The number of hydrogen-bond acceptors (Lipinski definition) is 3. The lowest BCUT2D eigenvalue weighted by atomic mass is 10.2. The minimum atomic E-state index is -0.391. The maximum Gasteiger partial charge on any atom is 0.269 e. The molecule has 1 aromatic heterocycles. The Bertz CT molecular complexity index is 546. The zero-order valence-corrected chi connectivity index (χ0v) is 9.04. The highest BCUT2D eigenvalue weighted by Gasteiger charge is 2.09. The molecule has 0 aliphatic heterocycles. The van der Waals surface area contributed by atoms with Crippen LogP contribution in [0.4, 0.5) is 5.69 Å². The lowest BCUT2D eigenvalue weighted by Gasteiger charge is -2.08. The minimum Gasteiger partial charge on any atom is -0.304 e. The molecular formula is C11H11N3O2. The number of nitro benzene ring substituents is 1. The van der Waals surface area contributed by atoms with Gasteiger partial charge < -0.3 is 4.57 Å². The zero-order chi connectivity index (χ0) is 11.7. The van der Waals surface area contributed by atoms with Crippen LogP contribution in [-0.4, -0.2) is 14.5 Å². The standard InChI is InChI=1S/C11H11N3O2/c1-8-7-10(14(15)16)3-4-11(8)13-6-5-12-9(13)2/h3-7H,1-2H3. The molecule has 0 aliphatic carbocycles. The Kier molecular flexibility index (Phi) is 2.44. The molecule has 0 fully saturated rings. The van der Waals surface area contributed by atoms with Crippen molar-refractivity contribution in [3.05, 3.63) is 52.1 Å². The molecule has 0 N–H and O–H groups in total. The van der Waals surface area contributed by atoms with Crippen LogP contribution >= 0.6 is 0 Å². The number of imidazole rings is 1. The Morgan fingerprint density at radius 3 is 2.62 bits per heavy atom. The Morgan fingerprint density at radius 1 is 1.38 bits per heavy atom. The lowest BCUT2D eigenvalue weighted by molar-refractivity contribution is -0.384. The van der Waals surface area contributed by atoms with Crippen LogP contribution in [0.25, 0.3) is 5.69 Å². The highest BCUT2D eigenvalue weighted by atomic mass is 16.6. The second-order valence-corrected chi connectivity index (χ2v) is 3.57. The van der Waals surface area contributed by atoms with Crippen molar-refractivity contribution in [2.75, 3.05) is 0 Å². The first kappa shape index (κ1) is 10.4. The van der Waals surface area contributed by atoms with Gasteiger partial charge in [-0.25, -0.2) is 4.98 Å². The van der Waals surface area contributed by atoms with E-state index in [0.717, 1.165) is 17.1 Å². The topological polar surface area (TPSA) is 61.0 Å². The molecule has 5 nitrogen and oxygen atoms in total. The number of benzene rings is 1. The van der Waals surface area contributed by atoms with Crippen LogP contribution in [0, 0.1) is 24.0 Å². The zero-order valence-electron chi connectivity index (χ0n) is 9.04. The van der Waals surface area contributed by atoms with Gasteiger partial charge in [-0.3, -0.25) is 10.1 Å². The minimum absolute atomic E-state index is 0.110. The van der Waals surface area contributed by atoms with Gasteiger partial charge in [0.25, 0.3) is 5.69 Å². The monoisotopic (exact) mass is 217 g/mol. The fraction of sp³-hybridized carbons (Fsp3) is 0.182. The van der Waals surface area contributed by atoms with E-state index in [4.69, 9.17) is 0 Å². The second kappa shape index (κ2) is 3.77. The molecule has 0 spiro atoms. The van der Waals surface area contributed by atoms with Crippen LogP contribution in [0.3, 0.4) is 0 Å². The molecule has 0 saturated heterocycles. The first-order valence-corrected chi connectivity index (χ1v) is 4.85. The van der Waals surface area contributed by atoms with Crippen molar-refractivity contribution in [3.63, 3.8) is 0 Å². The summed E-state index contributed by atoms with van der Waals surface area (Å²) in [6.07, 6.45) is 3.54. The molecule has 0 saturated carbocycles. The molecule has 2 aromatic rings. The molecule has 0 unspecified atom stereocenters. The van der Waals surface area contributed by atoms with Crippen molar-refractivity contribution in [2.45, 2.75) is 13.8 Å². The predicted octanol–water partition coefficient (Wildman–Crippen LogP) is 2.40. The maximum absolute atomic E-state index is 10.6. The number of aromatic nitrogens is 2. The van der Waals surface area contributed by atoms with Crippen molar-refractivity contribution in [1.29, 1.82) is 0 Å². The Labute approximate surface area is 92.5 Å². The molecule has 0 bridgehead atoms. The summed E-state index contributed by atoms with van der Waals surface area (Å²) in [6.45, 7) is 3.74. The maximum atomic E-state index is 10.6. The third kappa shape index (κ3) is 1.67. The number of rotatable bonds is 2. The number of aryl methyl sites for hydroxylation is 2. The Balaban J connectivity index is 2.52. The van der Waals surface area contributed by atoms with Gasteiger partial charge in [-0.1, -0.05) is 0 Å². The van der Waals surface area contributed by atoms with E-state index < -0.39 is 4.92 Å². The van der Waals surface area contributed by atoms with Gasteiger partial charge in [-0.15, -0.1) is 0 Å². The van der Waals surface area contributed by atoms with E-state index in [0.29, 0.717) is 0 Å². The van der Waals surface area contributed by atoms with Crippen LogP contribution < -0.4 is 0 Å². The molecule has 0 aliphatic rings. The van der Waals surface area contributed by atoms with E-state index in [1.54, 1.807) is 18.3 Å². The third-order valence-electron chi connectivity index (χ3n) is 2.48. The molecule has 0 radical (unpaired) electrons. The molecule has 1 aromatic carbocycles. The third-order valence-corrected chi connectivity index (χ3v) is 2.48. The summed E-state index contributed by atoms with van der Waals surface area (Å²) in [7, 11) is 0. The molecule has 0 amide bonds. The number of nitrogens with zero attached hydrogens (tertiary/aromatic N) is 3. The molecule has 1 heterocycles. The fourth-order valence-electron chi connectivity index (χ4n) is 1.66. The summed E-state index contributed by atoms with van der Waals surface area (Å²) in [5.74, 6) is 0.858. The average Bonchev–Trinajstić information content (AvgIpc) is 2.64. The number of nitro groups is 1. The summed E-state index contributed by atoms with van der Waals surface area (Å²) in [5, 5.41) is 10.6. The summed E-state index contributed by atoms with van der Waals surface area (Å²) in [5.41, 5.74) is 1.88. The van der Waals surface area contributed by atoms with E-state index in [1.165, 1.54) is 6.07 Å². The van der Waals surface area contributed by atoms with E-state index in [-0.39, 0.29) is 5.69 Å². The normalized spacial score (nSPS) is 10.4. The molecule has 5 heteroatoms. The number of hydrogen-bond donors (Lipinski definition) is 0. The summed E-state index contributed by atoms with van der Waals surface area (Å²) in [6, 6.07) is 4.80. The van der Waals surface area contributed by atoms with Crippen LogP contribution in [-0.2, 0) is 0 Å². The molecular weight excluding hydrogens is 206 g/mol. The van der Waals surface area contributed by atoms with Crippen molar-refractivity contribution < 1.29 is 4.92 Å².